The van der Waals surface area contributed by atoms with Gasteiger partial charge >= 0.3 is 5.97 Å². The van der Waals surface area contributed by atoms with Crippen LogP contribution in [0.25, 0.3) is 0 Å². The minimum Gasteiger partial charge on any atom is -0.480 e. The van der Waals surface area contributed by atoms with E-state index in [1.165, 1.54) is 6.92 Å². The van der Waals surface area contributed by atoms with Crippen molar-refractivity contribution in [3.63, 3.8) is 0 Å². The zero-order chi connectivity index (χ0) is 22.7. The second kappa shape index (κ2) is 12.7. The maximum atomic E-state index is 12.6. The highest BCUT2D eigenvalue weighted by Gasteiger charge is 2.30. The minimum absolute atomic E-state index is 0.0204. The van der Waals surface area contributed by atoms with E-state index in [4.69, 9.17) is 21.7 Å². The van der Waals surface area contributed by atoms with Gasteiger partial charge in [-0.1, -0.05) is 20.3 Å². The van der Waals surface area contributed by atoms with Gasteiger partial charge in [0.25, 0.3) is 0 Å². The Morgan fingerprint density at radius 1 is 0.966 bits per heavy atom. The van der Waals surface area contributed by atoms with Crippen LogP contribution < -0.4 is 27.4 Å². The first-order valence-corrected chi connectivity index (χ1v) is 9.23. The third-order valence-electron chi connectivity index (χ3n) is 4.38. The van der Waals surface area contributed by atoms with Gasteiger partial charge in [0.15, 0.2) is 0 Å². The molecule has 166 valence electrons. The normalized spacial score (nSPS) is 15.9. The summed E-state index contributed by atoms with van der Waals surface area (Å²) in [6, 6.07) is -4.67. The number of carbonyl (C=O) groups is 5. The maximum Gasteiger partial charge on any atom is 0.328 e. The number of nitrogens with two attached hydrogens (primary N) is 2. The number of hydrogen-bond donors (Lipinski definition) is 7. The molecule has 0 saturated heterocycles. The zero-order valence-corrected chi connectivity index (χ0v) is 16.8. The summed E-state index contributed by atoms with van der Waals surface area (Å²) in [5, 5.41) is 24.8. The highest BCUT2D eigenvalue weighted by molar-refractivity contribution is 5.94. The second-order valence-corrected chi connectivity index (χ2v) is 6.80. The Bertz CT molecular complexity index is 613. The van der Waals surface area contributed by atoms with Gasteiger partial charge < -0.3 is 37.6 Å². The van der Waals surface area contributed by atoms with E-state index in [2.05, 4.69) is 16.0 Å². The molecule has 0 rings (SSSR count). The van der Waals surface area contributed by atoms with Crippen molar-refractivity contribution in [2.75, 3.05) is 6.61 Å². The van der Waals surface area contributed by atoms with Gasteiger partial charge in [-0.2, -0.15) is 0 Å². The first-order valence-electron chi connectivity index (χ1n) is 9.23. The summed E-state index contributed by atoms with van der Waals surface area (Å²) < 4.78 is 0. The Morgan fingerprint density at radius 3 is 2.00 bits per heavy atom. The van der Waals surface area contributed by atoms with Gasteiger partial charge in [0, 0.05) is 6.42 Å². The summed E-state index contributed by atoms with van der Waals surface area (Å²) in [7, 11) is 0. The number of carboxylic acid groups (broad SMARTS) is 1. The summed E-state index contributed by atoms with van der Waals surface area (Å²) in [4.78, 5) is 58.6. The molecule has 0 spiro atoms. The maximum absolute atomic E-state index is 12.6. The van der Waals surface area contributed by atoms with E-state index < -0.39 is 60.4 Å². The minimum atomic E-state index is -1.50. The molecule has 0 aromatic rings. The van der Waals surface area contributed by atoms with Crippen LogP contribution in [0.4, 0.5) is 0 Å². The number of rotatable bonds is 13. The quantitative estimate of drug-likeness (QED) is 0.165. The van der Waals surface area contributed by atoms with Crippen LogP contribution in [0.5, 0.6) is 0 Å². The monoisotopic (exact) mass is 417 g/mol. The van der Waals surface area contributed by atoms with Crippen LogP contribution in [0, 0.1) is 5.92 Å². The lowest BCUT2D eigenvalue weighted by atomic mass is 9.97. The smallest absolute Gasteiger partial charge is 0.328 e. The predicted molar refractivity (Wildman–Crippen MR) is 102 cm³/mol. The predicted octanol–water partition coefficient (Wildman–Crippen LogP) is -2.82. The van der Waals surface area contributed by atoms with Crippen molar-refractivity contribution in [1.29, 1.82) is 0 Å². The summed E-state index contributed by atoms with van der Waals surface area (Å²) >= 11 is 0. The topological polar surface area (TPSA) is 214 Å². The van der Waals surface area contributed by atoms with Crippen LogP contribution in [0.2, 0.25) is 0 Å². The lowest BCUT2D eigenvalue weighted by Crippen LogP contribution is -2.58. The summed E-state index contributed by atoms with van der Waals surface area (Å²) in [5.41, 5.74) is 10.7. The standard InChI is InChI=1S/C17H31N5O7/c1-4-8(2)13(22-15(26)10(18)5-6-12(19)24)16(27)20-9(3)14(25)21-11(7-23)17(28)29/h8-11,13,23H,4-7,18H2,1-3H3,(H2,19,24)(H,20,27)(H,21,25)(H,22,26)(H,28,29). The van der Waals surface area contributed by atoms with Gasteiger partial charge in [0.2, 0.25) is 23.6 Å². The van der Waals surface area contributed by atoms with E-state index in [0.29, 0.717) is 6.42 Å². The van der Waals surface area contributed by atoms with Gasteiger partial charge in [-0.25, -0.2) is 4.79 Å². The fourth-order valence-electron chi connectivity index (χ4n) is 2.24. The molecular formula is C17H31N5O7. The molecular weight excluding hydrogens is 386 g/mol. The molecule has 0 radical (unpaired) electrons. The van der Waals surface area contributed by atoms with Crippen molar-refractivity contribution < 1.29 is 34.2 Å². The van der Waals surface area contributed by atoms with Crippen molar-refractivity contribution in [3.8, 4) is 0 Å². The summed E-state index contributed by atoms with van der Waals surface area (Å²) in [6.45, 7) is 4.05. The van der Waals surface area contributed by atoms with Crippen molar-refractivity contribution in [2.24, 2.45) is 17.4 Å². The van der Waals surface area contributed by atoms with Crippen molar-refractivity contribution in [1.82, 2.24) is 16.0 Å². The molecule has 0 heterocycles. The Balaban J connectivity index is 5.03. The average Bonchev–Trinajstić information content (AvgIpc) is 2.66. The van der Waals surface area contributed by atoms with Crippen molar-refractivity contribution in [3.05, 3.63) is 0 Å². The highest BCUT2D eigenvalue weighted by Crippen LogP contribution is 2.09. The van der Waals surface area contributed by atoms with Crippen LogP contribution in [-0.4, -0.2) is 70.6 Å². The fraction of sp³-hybridized carbons (Fsp3) is 0.706. The Hall–Kier alpha value is -2.73. The van der Waals surface area contributed by atoms with Crippen LogP contribution in [0.1, 0.15) is 40.0 Å². The third-order valence-corrected chi connectivity index (χ3v) is 4.38. The first kappa shape index (κ1) is 26.3. The number of nitrogens with one attached hydrogen (secondary N) is 3. The van der Waals surface area contributed by atoms with Crippen LogP contribution in [0.15, 0.2) is 0 Å². The molecule has 5 unspecified atom stereocenters. The Morgan fingerprint density at radius 2 is 1.55 bits per heavy atom. The third kappa shape index (κ3) is 9.34. The molecule has 4 amide bonds. The number of carbonyl (C=O) groups excluding carboxylic acids is 4. The number of amides is 4. The molecule has 0 bridgehead atoms. The molecule has 0 aromatic heterocycles. The van der Waals surface area contributed by atoms with Gasteiger partial charge in [0.1, 0.15) is 18.1 Å². The number of primary amides is 1. The number of hydrogen-bond acceptors (Lipinski definition) is 7. The van der Waals surface area contributed by atoms with Crippen LogP contribution in [-0.2, 0) is 24.0 Å². The van der Waals surface area contributed by atoms with E-state index in [-0.39, 0.29) is 18.8 Å². The molecule has 0 aliphatic carbocycles. The zero-order valence-electron chi connectivity index (χ0n) is 16.8. The molecule has 0 aliphatic heterocycles. The number of aliphatic hydroxyl groups is 1. The van der Waals surface area contributed by atoms with E-state index in [1.54, 1.807) is 13.8 Å². The molecule has 0 saturated carbocycles. The number of aliphatic carboxylic acids is 1. The fourth-order valence-corrected chi connectivity index (χ4v) is 2.24. The molecule has 0 aromatic carbocycles. The molecule has 5 atom stereocenters. The van der Waals surface area contributed by atoms with E-state index in [1.807, 2.05) is 0 Å². The lowest BCUT2D eigenvalue weighted by molar-refractivity contribution is -0.143. The lowest BCUT2D eigenvalue weighted by Gasteiger charge is -2.26. The van der Waals surface area contributed by atoms with Crippen molar-refractivity contribution in [2.45, 2.75) is 64.2 Å². The largest absolute Gasteiger partial charge is 0.480 e. The molecule has 0 fully saturated rings. The SMILES string of the molecule is CCC(C)C(NC(=O)C(N)CCC(N)=O)C(=O)NC(C)C(=O)NC(CO)C(=O)O. The second-order valence-electron chi connectivity index (χ2n) is 6.80. The van der Waals surface area contributed by atoms with E-state index in [0.717, 1.165) is 0 Å². The molecule has 0 aliphatic rings. The van der Waals surface area contributed by atoms with Crippen molar-refractivity contribution >= 4 is 29.6 Å². The summed E-state index contributed by atoms with van der Waals surface area (Å²) in [6.07, 6.45) is 0.467. The first-order chi connectivity index (χ1) is 13.4. The number of carboxylic acids is 1. The number of aliphatic hydroxyl groups excluding tert-OH is 1. The van der Waals surface area contributed by atoms with Gasteiger partial charge in [-0.05, 0) is 19.3 Å². The van der Waals surface area contributed by atoms with E-state index >= 15 is 0 Å². The average molecular weight is 417 g/mol. The molecule has 12 heteroatoms. The Kier molecular flexibility index (Phi) is 11.5. The molecule has 12 nitrogen and oxygen atoms in total. The summed E-state index contributed by atoms with van der Waals surface area (Å²) in [5.74, 6) is -4.45. The van der Waals surface area contributed by atoms with Gasteiger partial charge in [-0.3, -0.25) is 19.2 Å². The van der Waals surface area contributed by atoms with Gasteiger partial charge in [-0.15, -0.1) is 0 Å². The van der Waals surface area contributed by atoms with Crippen LogP contribution in [0.3, 0.4) is 0 Å². The molecule has 9 N–H and O–H groups in total. The molecule has 29 heavy (non-hydrogen) atoms. The van der Waals surface area contributed by atoms with Crippen LogP contribution >= 0.6 is 0 Å². The highest BCUT2D eigenvalue weighted by atomic mass is 16.4. The van der Waals surface area contributed by atoms with Gasteiger partial charge in [0.05, 0.1) is 12.6 Å². The van der Waals surface area contributed by atoms with E-state index in [9.17, 15) is 24.0 Å². The Labute approximate surface area is 168 Å².